The zero-order chi connectivity index (χ0) is 18.7. The van der Waals surface area contributed by atoms with Crippen molar-refractivity contribution in [2.24, 2.45) is 11.7 Å². The van der Waals surface area contributed by atoms with Gasteiger partial charge in [0, 0.05) is 43.7 Å². The van der Waals surface area contributed by atoms with E-state index in [-0.39, 0.29) is 30.3 Å². The Morgan fingerprint density at radius 3 is 2.27 bits per heavy atom. The minimum absolute atomic E-state index is 0.0744. The summed E-state index contributed by atoms with van der Waals surface area (Å²) in [5, 5.41) is 0.661. The summed E-state index contributed by atoms with van der Waals surface area (Å²) in [7, 11) is 0. The molecule has 3 rings (SSSR count). The fourth-order valence-corrected chi connectivity index (χ4v) is 3.54. The van der Waals surface area contributed by atoms with E-state index in [4.69, 9.17) is 17.3 Å². The van der Waals surface area contributed by atoms with Gasteiger partial charge in [-0.15, -0.1) is 0 Å². The molecule has 0 unspecified atom stereocenters. The zero-order valence-corrected chi connectivity index (χ0v) is 15.3. The minimum Gasteiger partial charge on any atom is -0.369 e. The van der Waals surface area contributed by atoms with Crippen LogP contribution in [0.4, 0.5) is 4.79 Å². The summed E-state index contributed by atoms with van der Waals surface area (Å²) >= 11 is 5.88. The smallest absolute Gasteiger partial charge is 0.320 e. The molecule has 1 aromatic carbocycles. The third-order valence-corrected chi connectivity index (χ3v) is 5.30. The number of urea groups is 1. The Morgan fingerprint density at radius 2 is 1.65 bits per heavy atom. The first-order valence-corrected chi connectivity index (χ1v) is 9.17. The average molecular weight is 379 g/mol. The molecule has 7 nitrogen and oxygen atoms in total. The SMILES string of the molecule is NC(=O)C1CCN(C(=O)CN2CCN(Cc3ccc(Cl)cc3)C2=O)CC1. The summed E-state index contributed by atoms with van der Waals surface area (Å²) in [4.78, 5) is 41.2. The van der Waals surface area contributed by atoms with Crippen LogP contribution in [0.2, 0.25) is 5.02 Å². The second kappa shape index (κ2) is 7.95. The highest BCUT2D eigenvalue weighted by atomic mass is 35.5. The molecule has 0 spiro atoms. The van der Waals surface area contributed by atoms with Crippen LogP contribution in [0.5, 0.6) is 0 Å². The first-order chi connectivity index (χ1) is 12.4. The molecular formula is C18H23ClN4O3. The maximum Gasteiger partial charge on any atom is 0.320 e. The lowest BCUT2D eigenvalue weighted by Crippen LogP contribution is -2.46. The van der Waals surface area contributed by atoms with Crippen molar-refractivity contribution in [3.63, 3.8) is 0 Å². The van der Waals surface area contributed by atoms with Gasteiger partial charge in [0.15, 0.2) is 0 Å². The quantitative estimate of drug-likeness (QED) is 0.837. The van der Waals surface area contributed by atoms with Crippen molar-refractivity contribution in [3.05, 3.63) is 34.9 Å². The highest BCUT2D eigenvalue weighted by Crippen LogP contribution is 2.19. The first kappa shape index (κ1) is 18.5. The van der Waals surface area contributed by atoms with Gasteiger partial charge in [-0.2, -0.15) is 0 Å². The second-order valence-electron chi connectivity index (χ2n) is 6.81. The van der Waals surface area contributed by atoms with E-state index in [0.717, 1.165) is 5.56 Å². The van der Waals surface area contributed by atoms with Gasteiger partial charge in [-0.05, 0) is 30.5 Å². The van der Waals surface area contributed by atoms with Gasteiger partial charge in [-0.25, -0.2) is 4.79 Å². The number of halogens is 1. The van der Waals surface area contributed by atoms with Crippen molar-refractivity contribution in [1.82, 2.24) is 14.7 Å². The van der Waals surface area contributed by atoms with Crippen LogP contribution in [0.15, 0.2) is 24.3 Å². The molecule has 2 N–H and O–H groups in total. The molecule has 26 heavy (non-hydrogen) atoms. The molecule has 0 bridgehead atoms. The number of likely N-dealkylation sites (tertiary alicyclic amines) is 1. The number of nitrogens with zero attached hydrogens (tertiary/aromatic N) is 3. The Morgan fingerprint density at radius 1 is 1.04 bits per heavy atom. The van der Waals surface area contributed by atoms with E-state index in [1.807, 2.05) is 12.1 Å². The molecule has 1 aromatic rings. The molecule has 8 heteroatoms. The predicted molar refractivity (Wildman–Crippen MR) is 97.3 cm³/mol. The summed E-state index contributed by atoms with van der Waals surface area (Å²) in [6.07, 6.45) is 1.19. The summed E-state index contributed by atoms with van der Waals surface area (Å²) < 4.78 is 0. The molecule has 140 valence electrons. The van der Waals surface area contributed by atoms with E-state index in [1.54, 1.807) is 26.8 Å². The number of amides is 4. The molecule has 0 aliphatic carbocycles. The van der Waals surface area contributed by atoms with Crippen molar-refractivity contribution in [1.29, 1.82) is 0 Å². The van der Waals surface area contributed by atoms with Crippen molar-refractivity contribution in [2.45, 2.75) is 19.4 Å². The predicted octanol–water partition coefficient (Wildman–Crippen LogP) is 1.30. The fraction of sp³-hybridized carbons (Fsp3) is 0.500. The van der Waals surface area contributed by atoms with Crippen LogP contribution in [0.1, 0.15) is 18.4 Å². The number of piperidine rings is 1. The third kappa shape index (κ3) is 4.27. The highest BCUT2D eigenvalue weighted by Gasteiger charge is 2.32. The second-order valence-corrected chi connectivity index (χ2v) is 7.25. The number of primary amides is 1. The zero-order valence-electron chi connectivity index (χ0n) is 14.6. The summed E-state index contributed by atoms with van der Waals surface area (Å²) in [5.41, 5.74) is 6.32. The van der Waals surface area contributed by atoms with Crippen molar-refractivity contribution in [3.8, 4) is 0 Å². The van der Waals surface area contributed by atoms with Gasteiger partial charge in [-0.3, -0.25) is 9.59 Å². The molecule has 0 atom stereocenters. The van der Waals surface area contributed by atoms with Gasteiger partial charge >= 0.3 is 6.03 Å². The molecule has 2 fully saturated rings. The molecule has 4 amide bonds. The largest absolute Gasteiger partial charge is 0.369 e. The third-order valence-electron chi connectivity index (χ3n) is 5.04. The van der Waals surface area contributed by atoms with Gasteiger partial charge < -0.3 is 20.4 Å². The molecule has 2 heterocycles. The lowest BCUT2D eigenvalue weighted by Gasteiger charge is -2.31. The van der Waals surface area contributed by atoms with Gasteiger partial charge in [0.05, 0.1) is 0 Å². The number of carbonyl (C=O) groups is 3. The van der Waals surface area contributed by atoms with Crippen LogP contribution in [-0.4, -0.2) is 65.3 Å². The minimum atomic E-state index is -0.301. The summed E-state index contributed by atoms with van der Waals surface area (Å²) in [6, 6.07) is 7.27. The maximum absolute atomic E-state index is 12.5. The van der Waals surface area contributed by atoms with E-state index in [9.17, 15) is 14.4 Å². The molecule has 2 saturated heterocycles. The van der Waals surface area contributed by atoms with Gasteiger partial charge in [-0.1, -0.05) is 23.7 Å². The number of hydrogen-bond donors (Lipinski definition) is 1. The van der Waals surface area contributed by atoms with E-state index in [2.05, 4.69) is 0 Å². The topological polar surface area (TPSA) is 86.9 Å². The van der Waals surface area contributed by atoms with Gasteiger partial charge in [0.25, 0.3) is 0 Å². The Balaban J connectivity index is 1.50. The number of benzene rings is 1. The van der Waals surface area contributed by atoms with Crippen LogP contribution in [0.3, 0.4) is 0 Å². The fourth-order valence-electron chi connectivity index (χ4n) is 3.41. The molecular weight excluding hydrogens is 356 g/mol. The van der Waals surface area contributed by atoms with Gasteiger partial charge in [0.1, 0.15) is 6.54 Å². The van der Waals surface area contributed by atoms with E-state index < -0.39 is 0 Å². The summed E-state index contributed by atoms with van der Waals surface area (Å²) in [5.74, 6) is -0.526. The number of nitrogens with two attached hydrogens (primary N) is 1. The molecule has 0 saturated carbocycles. The van der Waals surface area contributed by atoms with Crippen molar-refractivity contribution >= 4 is 29.4 Å². The number of carbonyl (C=O) groups excluding carboxylic acids is 3. The highest BCUT2D eigenvalue weighted by molar-refractivity contribution is 6.30. The standard InChI is InChI=1S/C18H23ClN4O3/c19-15-3-1-13(2-4-15)11-22-9-10-23(18(22)26)12-16(24)21-7-5-14(6-8-21)17(20)25/h1-4,14H,5-12H2,(H2,20,25). The molecule has 0 aromatic heterocycles. The van der Waals surface area contributed by atoms with Crippen LogP contribution in [-0.2, 0) is 16.1 Å². The Labute approximate surface area is 157 Å². The van der Waals surface area contributed by atoms with E-state index in [1.165, 1.54) is 0 Å². The molecule has 2 aliphatic rings. The number of hydrogen-bond acceptors (Lipinski definition) is 3. The first-order valence-electron chi connectivity index (χ1n) is 8.79. The van der Waals surface area contributed by atoms with Gasteiger partial charge in [0.2, 0.25) is 11.8 Å². The summed E-state index contributed by atoms with van der Waals surface area (Å²) in [6.45, 7) is 2.75. The average Bonchev–Trinajstić information content (AvgIpc) is 2.97. The van der Waals surface area contributed by atoms with E-state index in [0.29, 0.717) is 50.6 Å². The monoisotopic (exact) mass is 378 g/mol. The molecule has 0 radical (unpaired) electrons. The normalized spacial score (nSPS) is 18.5. The number of rotatable bonds is 5. The maximum atomic E-state index is 12.5. The van der Waals surface area contributed by atoms with Crippen molar-refractivity contribution in [2.75, 3.05) is 32.7 Å². The Hall–Kier alpha value is -2.28. The van der Waals surface area contributed by atoms with Crippen LogP contribution < -0.4 is 5.73 Å². The van der Waals surface area contributed by atoms with E-state index >= 15 is 0 Å². The Kier molecular flexibility index (Phi) is 5.66. The molecule has 2 aliphatic heterocycles. The Bertz CT molecular complexity index is 686. The van der Waals surface area contributed by atoms with Crippen LogP contribution in [0, 0.1) is 5.92 Å². The van der Waals surface area contributed by atoms with Crippen molar-refractivity contribution < 1.29 is 14.4 Å². The van der Waals surface area contributed by atoms with Crippen LogP contribution >= 0.6 is 11.6 Å². The van der Waals surface area contributed by atoms with Crippen LogP contribution in [0.25, 0.3) is 0 Å². The lowest BCUT2D eigenvalue weighted by molar-refractivity contribution is -0.135. The lowest BCUT2D eigenvalue weighted by atomic mass is 9.96.